The first-order chi connectivity index (χ1) is 15.8. The number of carbonyl (C=O) groups is 2. The zero-order valence-electron chi connectivity index (χ0n) is 18.6. The maximum absolute atomic E-state index is 14.1. The molecule has 2 amide bonds. The smallest absolute Gasteiger partial charge is 0.469 e. The highest BCUT2D eigenvalue weighted by molar-refractivity contribution is 7.11. The number of aromatic nitrogens is 1. The van der Waals surface area contributed by atoms with E-state index in [0.29, 0.717) is 18.2 Å². The van der Waals surface area contributed by atoms with Crippen LogP contribution in [0, 0.1) is 18.6 Å². The van der Waals surface area contributed by atoms with E-state index >= 15 is 0 Å². The van der Waals surface area contributed by atoms with Gasteiger partial charge in [0.15, 0.2) is 5.00 Å². The van der Waals surface area contributed by atoms with E-state index in [-0.39, 0.29) is 22.2 Å². The molecular weight excluding hydrogens is 458 g/mol. The fraction of sp³-hybridized carbons (Fsp3) is 0.476. The number of halogens is 2. The second-order valence-corrected chi connectivity index (χ2v) is 8.42. The lowest BCUT2D eigenvalue weighted by Gasteiger charge is -2.19. The zero-order valence-corrected chi connectivity index (χ0v) is 19.4. The molecule has 0 bridgehead atoms. The highest BCUT2D eigenvalue weighted by Crippen LogP contribution is 2.39. The minimum absolute atomic E-state index is 0.0794. The van der Waals surface area contributed by atoms with Gasteiger partial charge in [0.1, 0.15) is 18.2 Å². The van der Waals surface area contributed by atoms with Gasteiger partial charge in [-0.2, -0.15) is 0 Å². The maximum atomic E-state index is 14.1. The van der Waals surface area contributed by atoms with Crippen molar-refractivity contribution in [2.45, 2.75) is 38.8 Å². The first kappa shape index (κ1) is 24.6. The van der Waals surface area contributed by atoms with Gasteiger partial charge < -0.3 is 24.4 Å². The van der Waals surface area contributed by atoms with Gasteiger partial charge in [0, 0.05) is 12.6 Å². The van der Waals surface area contributed by atoms with Gasteiger partial charge in [0.05, 0.1) is 12.7 Å². The third kappa shape index (κ3) is 6.51. The van der Waals surface area contributed by atoms with Crippen LogP contribution >= 0.6 is 11.5 Å². The Balaban J connectivity index is 1.65. The number of aryl methyl sites for hydroxylation is 1. The number of carbonyl (C=O) groups excluding carboxylic acids is 2. The molecule has 0 spiro atoms. The molecule has 0 saturated carbocycles. The van der Waals surface area contributed by atoms with Crippen LogP contribution in [-0.4, -0.2) is 54.7 Å². The fourth-order valence-electron chi connectivity index (χ4n) is 3.51. The molecule has 2 heterocycles. The minimum atomic E-state index is -1.07. The average Bonchev–Trinajstić information content (AvgIpc) is 3.33. The molecule has 2 aromatic rings. The SMILES string of the molecule is COC(=O)Oc1c(OCc2c(F)cc(C)cc2F)nsc1NC(=O)NCCC1CCCN1C. The predicted molar refractivity (Wildman–Crippen MR) is 118 cm³/mol. The summed E-state index contributed by atoms with van der Waals surface area (Å²) in [6, 6.07) is 2.26. The largest absolute Gasteiger partial charge is 0.513 e. The molecule has 33 heavy (non-hydrogen) atoms. The van der Waals surface area contributed by atoms with Gasteiger partial charge in [-0.25, -0.2) is 18.4 Å². The Kier molecular flexibility index (Phi) is 8.39. The Morgan fingerprint density at radius 1 is 1.30 bits per heavy atom. The Morgan fingerprint density at radius 2 is 2.03 bits per heavy atom. The number of likely N-dealkylation sites (tertiary alicyclic amines) is 1. The van der Waals surface area contributed by atoms with Crippen molar-refractivity contribution in [3.05, 3.63) is 34.9 Å². The van der Waals surface area contributed by atoms with E-state index in [1.807, 2.05) is 0 Å². The summed E-state index contributed by atoms with van der Waals surface area (Å²) in [5.74, 6) is -1.98. The minimum Gasteiger partial charge on any atom is -0.469 e. The van der Waals surface area contributed by atoms with Crippen LogP contribution in [0.3, 0.4) is 0 Å². The summed E-state index contributed by atoms with van der Waals surface area (Å²) in [6.07, 6.45) is 1.97. The molecule has 1 aromatic carbocycles. The second-order valence-electron chi connectivity index (χ2n) is 7.64. The van der Waals surface area contributed by atoms with Crippen LogP contribution in [0.1, 0.15) is 30.4 Å². The van der Waals surface area contributed by atoms with Gasteiger partial charge in [0.25, 0.3) is 5.88 Å². The second kappa shape index (κ2) is 11.2. The number of amides is 2. The highest BCUT2D eigenvalue weighted by Gasteiger charge is 2.24. The Bertz CT molecular complexity index is 980. The van der Waals surface area contributed by atoms with Crippen LogP contribution in [0.15, 0.2) is 12.1 Å². The monoisotopic (exact) mass is 484 g/mol. The molecule has 1 aliphatic heterocycles. The number of nitrogens with one attached hydrogen (secondary N) is 2. The zero-order chi connectivity index (χ0) is 24.0. The molecule has 9 nitrogen and oxygen atoms in total. The van der Waals surface area contributed by atoms with Crippen molar-refractivity contribution in [2.24, 2.45) is 0 Å². The van der Waals surface area contributed by atoms with Crippen molar-refractivity contribution in [3.8, 4) is 11.6 Å². The molecule has 3 rings (SSSR count). The third-order valence-electron chi connectivity index (χ3n) is 5.27. The number of methoxy groups -OCH3 is 1. The summed E-state index contributed by atoms with van der Waals surface area (Å²) < 4.78 is 47.1. The maximum Gasteiger partial charge on any atom is 0.513 e. The number of anilines is 1. The molecule has 12 heteroatoms. The number of hydrogen-bond acceptors (Lipinski definition) is 8. The number of urea groups is 1. The van der Waals surface area contributed by atoms with Crippen molar-refractivity contribution in [2.75, 3.05) is 32.6 Å². The summed E-state index contributed by atoms with van der Waals surface area (Å²) in [6.45, 7) is 2.57. The topological polar surface area (TPSA) is 102 Å². The van der Waals surface area contributed by atoms with Crippen LogP contribution in [0.2, 0.25) is 0 Å². The summed E-state index contributed by atoms with van der Waals surface area (Å²) in [5, 5.41) is 5.39. The number of ether oxygens (including phenoxy) is 3. The average molecular weight is 485 g/mol. The number of rotatable bonds is 8. The van der Waals surface area contributed by atoms with Gasteiger partial charge in [-0.3, -0.25) is 5.32 Å². The molecule has 2 N–H and O–H groups in total. The summed E-state index contributed by atoms with van der Waals surface area (Å²) in [7, 11) is 3.17. The van der Waals surface area contributed by atoms with Gasteiger partial charge in [-0.15, -0.1) is 4.37 Å². The van der Waals surface area contributed by atoms with E-state index in [1.165, 1.54) is 12.1 Å². The number of benzene rings is 1. The molecule has 1 unspecified atom stereocenters. The van der Waals surface area contributed by atoms with Crippen LogP contribution in [0.25, 0.3) is 0 Å². The Hall–Kier alpha value is -2.99. The summed E-state index contributed by atoms with van der Waals surface area (Å²) in [5.41, 5.74) is 0.121. The van der Waals surface area contributed by atoms with Crippen molar-refractivity contribution in [1.29, 1.82) is 0 Å². The number of nitrogens with zero attached hydrogens (tertiary/aromatic N) is 2. The van der Waals surface area contributed by atoms with E-state index in [1.54, 1.807) is 6.92 Å². The first-order valence-corrected chi connectivity index (χ1v) is 11.1. The molecule has 1 saturated heterocycles. The van der Waals surface area contributed by atoms with Gasteiger partial charge in [-0.05, 0) is 69.0 Å². The van der Waals surface area contributed by atoms with Gasteiger partial charge in [0.2, 0.25) is 5.75 Å². The standard InChI is InChI=1S/C21H26F2N4O5S/c1-12-9-15(22)14(16(23)10-12)11-31-18-17(32-21(29)30-3)19(33-26-18)25-20(28)24-7-6-13-5-4-8-27(13)2/h9-10,13H,4-8,11H2,1-3H3,(H2,24,25,28). The fourth-order valence-corrected chi connectivity index (χ4v) is 4.17. The molecule has 0 aliphatic carbocycles. The van der Waals surface area contributed by atoms with Crippen molar-refractivity contribution < 1.29 is 32.6 Å². The summed E-state index contributed by atoms with van der Waals surface area (Å²) in [4.78, 5) is 26.2. The van der Waals surface area contributed by atoms with E-state index in [0.717, 1.165) is 44.4 Å². The lowest BCUT2D eigenvalue weighted by atomic mass is 10.1. The lowest BCUT2D eigenvalue weighted by molar-refractivity contribution is 0.119. The van der Waals surface area contributed by atoms with Gasteiger partial charge >= 0.3 is 12.2 Å². The van der Waals surface area contributed by atoms with Crippen LogP contribution in [0.4, 0.5) is 23.4 Å². The first-order valence-electron chi connectivity index (χ1n) is 10.4. The summed E-state index contributed by atoms with van der Waals surface area (Å²) >= 11 is 0.787. The van der Waals surface area contributed by atoms with Crippen molar-refractivity contribution in [1.82, 2.24) is 14.6 Å². The molecule has 1 aromatic heterocycles. The van der Waals surface area contributed by atoms with Crippen LogP contribution < -0.4 is 20.1 Å². The normalized spacial score (nSPS) is 15.8. The highest BCUT2D eigenvalue weighted by atomic mass is 32.1. The molecule has 1 fully saturated rings. The quantitative estimate of drug-likeness (QED) is 0.545. The Morgan fingerprint density at radius 3 is 2.67 bits per heavy atom. The molecule has 1 atom stereocenters. The van der Waals surface area contributed by atoms with E-state index < -0.39 is 30.4 Å². The molecule has 0 radical (unpaired) electrons. The van der Waals surface area contributed by atoms with Crippen LogP contribution in [0.5, 0.6) is 11.6 Å². The molecule has 180 valence electrons. The lowest BCUT2D eigenvalue weighted by Crippen LogP contribution is -2.34. The number of hydrogen-bond donors (Lipinski definition) is 2. The van der Waals surface area contributed by atoms with E-state index in [9.17, 15) is 18.4 Å². The Labute approximate surface area is 194 Å². The third-order valence-corrected chi connectivity index (χ3v) is 6.00. The van der Waals surface area contributed by atoms with E-state index in [4.69, 9.17) is 9.47 Å². The van der Waals surface area contributed by atoms with Gasteiger partial charge in [-0.1, -0.05) is 0 Å². The van der Waals surface area contributed by atoms with E-state index in [2.05, 4.69) is 31.7 Å². The predicted octanol–water partition coefficient (Wildman–Crippen LogP) is 4.06. The van der Waals surface area contributed by atoms with Crippen molar-refractivity contribution >= 4 is 28.7 Å². The molecule has 1 aliphatic rings. The van der Waals surface area contributed by atoms with Crippen molar-refractivity contribution in [3.63, 3.8) is 0 Å². The molecular formula is C21H26F2N4O5S. The van der Waals surface area contributed by atoms with Crippen LogP contribution in [-0.2, 0) is 11.3 Å².